The Balaban J connectivity index is 1.26. The average molecular weight is 464 g/mol. The van der Waals surface area contributed by atoms with Crippen LogP contribution >= 0.6 is 0 Å². The van der Waals surface area contributed by atoms with Crippen LogP contribution in [-0.2, 0) is 16.1 Å². The fourth-order valence-electron chi connectivity index (χ4n) is 5.06. The first-order chi connectivity index (χ1) is 15.8. The molecule has 1 amide bonds. The molecule has 2 aromatic rings. The van der Waals surface area contributed by atoms with Gasteiger partial charge in [-0.15, -0.1) is 13.2 Å². The van der Waals surface area contributed by atoms with Crippen molar-refractivity contribution in [3.8, 4) is 5.75 Å². The predicted octanol–water partition coefficient (Wildman–Crippen LogP) is 4.39. The second-order valence-corrected chi connectivity index (χ2v) is 8.66. The highest BCUT2D eigenvalue weighted by Crippen LogP contribution is 2.58. The van der Waals surface area contributed by atoms with Crippen molar-refractivity contribution in [2.24, 2.45) is 0 Å². The lowest BCUT2D eigenvalue weighted by atomic mass is 9.76. The number of ether oxygens (including phenoxy) is 2. The molecule has 3 aliphatic heterocycles. The van der Waals surface area contributed by atoms with Gasteiger partial charge in [0.05, 0.1) is 24.5 Å². The Morgan fingerprint density at radius 2 is 1.91 bits per heavy atom. The van der Waals surface area contributed by atoms with Crippen molar-refractivity contribution in [3.63, 3.8) is 0 Å². The van der Waals surface area contributed by atoms with E-state index in [0.717, 1.165) is 31.2 Å². The number of rotatable bonds is 5. The summed E-state index contributed by atoms with van der Waals surface area (Å²) in [5, 5.41) is 4.59. The molecule has 1 atom stereocenters. The number of aromatic nitrogens is 2. The number of nitrogens with zero attached hydrogens (tertiary/aromatic N) is 3. The van der Waals surface area contributed by atoms with E-state index in [1.54, 1.807) is 30.7 Å². The summed E-state index contributed by atoms with van der Waals surface area (Å²) in [4.78, 5) is 26.8. The van der Waals surface area contributed by atoms with Gasteiger partial charge in [0.1, 0.15) is 5.75 Å². The summed E-state index contributed by atoms with van der Waals surface area (Å²) < 4.78 is 47.1. The van der Waals surface area contributed by atoms with Crippen molar-refractivity contribution in [3.05, 3.63) is 54.1 Å². The average Bonchev–Trinajstić information content (AvgIpc) is 3.17. The van der Waals surface area contributed by atoms with Crippen molar-refractivity contribution in [2.75, 3.05) is 0 Å². The summed E-state index contributed by atoms with van der Waals surface area (Å²) in [5.74, 6) is -1.32. The summed E-state index contributed by atoms with van der Waals surface area (Å²) in [6.07, 6.45) is 3.85. The molecule has 1 aromatic heterocycles. The van der Waals surface area contributed by atoms with Crippen molar-refractivity contribution < 1.29 is 32.3 Å². The summed E-state index contributed by atoms with van der Waals surface area (Å²) in [5.41, 5.74) is 1.29. The van der Waals surface area contributed by atoms with E-state index in [1.807, 2.05) is 5.06 Å². The zero-order valence-electron chi connectivity index (χ0n) is 17.7. The Kier molecular flexibility index (Phi) is 5.40. The van der Waals surface area contributed by atoms with Gasteiger partial charge in [-0.3, -0.25) is 14.8 Å². The largest absolute Gasteiger partial charge is 0.573 e. The van der Waals surface area contributed by atoms with E-state index in [2.05, 4.69) is 20.0 Å². The van der Waals surface area contributed by atoms with Gasteiger partial charge >= 0.3 is 12.5 Å². The van der Waals surface area contributed by atoms with E-state index >= 15 is 0 Å². The van der Waals surface area contributed by atoms with Crippen molar-refractivity contribution in [1.82, 2.24) is 20.3 Å². The maximum Gasteiger partial charge on any atom is 0.573 e. The Labute approximate surface area is 188 Å². The van der Waals surface area contributed by atoms with E-state index in [1.165, 1.54) is 12.1 Å². The van der Waals surface area contributed by atoms with Gasteiger partial charge in [-0.05, 0) is 43.4 Å². The molecule has 11 heteroatoms. The highest BCUT2D eigenvalue weighted by molar-refractivity contribution is 5.67. The molecule has 0 radical (unpaired) electrons. The van der Waals surface area contributed by atoms with Crippen LogP contribution in [0.25, 0.3) is 0 Å². The van der Waals surface area contributed by atoms with Gasteiger partial charge in [0.15, 0.2) is 0 Å². The molecule has 4 fully saturated rings. The second-order valence-electron chi connectivity index (χ2n) is 8.66. The number of hydrogen-bond donors (Lipinski definition) is 1. The van der Waals surface area contributed by atoms with Gasteiger partial charge in [0.2, 0.25) is 5.79 Å². The molecule has 176 valence electrons. The van der Waals surface area contributed by atoms with Crippen LogP contribution in [0.5, 0.6) is 5.75 Å². The van der Waals surface area contributed by atoms with Crippen LogP contribution < -0.4 is 10.1 Å². The lowest BCUT2D eigenvalue weighted by Gasteiger charge is -2.56. The molecule has 6 rings (SSSR count). The first kappa shape index (κ1) is 21.9. The molecule has 4 aliphatic rings. The molecule has 1 N–H and O–H groups in total. The Morgan fingerprint density at radius 1 is 1.15 bits per heavy atom. The van der Waals surface area contributed by atoms with Crippen LogP contribution in [0.4, 0.5) is 18.0 Å². The van der Waals surface area contributed by atoms with Gasteiger partial charge in [-0.1, -0.05) is 12.1 Å². The fourth-order valence-corrected chi connectivity index (χ4v) is 5.06. The highest BCUT2D eigenvalue weighted by Gasteiger charge is 2.61. The van der Waals surface area contributed by atoms with Crippen LogP contribution in [0.1, 0.15) is 55.8 Å². The Bertz CT molecular complexity index is 995. The lowest BCUT2D eigenvalue weighted by Crippen LogP contribution is -2.63. The zero-order chi connectivity index (χ0) is 23.1. The van der Waals surface area contributed by atoms with Crippen LogP contribution in [0.2, 0.25) is 0 Å². The van der Waals surface area contributed by atoms with E-state index < -0.39 is 18.2 Å². The summed E-state index contributed by atoms with van der Waals surface area (Å²) >= 11 is 0. The molecule has 1 spiro atoms. The Hall–Kier alpha value is -2.92. The minimum atomic E-state index is -4.73. The van der Waals surface area contributed by atoms with Crippen LogP contribution in [-0.4, -0.2) is 38.8 Å². The van der Waals surface area contributed by atoms with Crippen molar-refractivity contribution >= 4 is 6.09 Å². The van der Waals surface area contributed by atoms with Crippen molar-refractivity contribution in [2.45, 2.75) is 68.8 Å². The van der Waals surface area contributed by atoms with E-state index in [-0.39, 0.29) is 23.9 Å². The molecular weight excluding hydrogens is 441 g/mol. The molecule has 1 unspecified atom stereocenters. The highest BCUT2D eigenvalue weighted by atomic mass is 19.4. The molecular formula is C22H23F3N4O4. The lowest BCUT2D eigenvalue weighted by molar-refractivity contribution is -0.415. The molecule has 1 aliphatic carbocycles. The first-order valence-electron chi connectivity index (χ1n) is 10.8. The third-order valence-electron chi connectivity index (χ3n) is 6.65. The number of hydrogen-bond acceptors (Lipinski definition) is 7. The van der Waals surface area contributed by atoms with E-state index in [9.17, 15) is 18.0 Å². The number of carbonyl (C=O) groups excluding carboxylic acids is 1. The number of amides is 1. The number of nitrogens with one attached hydrogen (secondary N) is 1. The molecule has 2 bridgehead atoms. The topological polar surface area (TPSA) is 85.8 Å². The molecule has 4 heterocycles. The van der Waals surface area contributed by atoms with Crippen LogP contribution in [0.15, 0.2) is 42.9 Å². The third kappa shape index (κ3) is 4.47. The Morgan fingerprint density at radius 3 is 2.58 bits per heavy atom. The van der Waals surface area contributed by atoms with Gasteiger partial charge in [-0.25, -0.2) is 4.79 Å². The quantitative estimate of drug-likeness (QED) is 0.702. The molecule has 1 saturated carbocycles. The maximum absolute atomic E-state index is 12.5. The third-order valence-corrected chi connectivity index (χ3v) is 6.65. The van der Waals surface area contributed by atoms with Gasteiger partial charge in [0.25, 0.3) is 0 Å². The molecule has 3 saturated heterocycles. The van der Waals surface area contributed by atoms with Crippen LogP contribution in [0.3, 0.4) is 0 Å². The monoisotopic (exact) mass is 464 g/mol. The smallest absolute Gasteiger partial charge is 0.415 e. The number of alkyl halides is 3. The van der Waals surface area contributed by atoms with Gasteiger partial charge in [0, 0.05) is 30.8 Å². The zero-order valence-corrected chi connectivity index (χ0v) is 17.7. The van der Waals surface area contributed by atoms with Crippen molar-refractivity contribution in [1.29, 1.82) is 0 Å². The second kappa shape index (κ2) is 8.14. The summed E-state index contributed by atoms with van der Waals surface area (Å²) in [6.45, 7) is 0.186. The number of carbonyl (C=O) groups is 1. The van der Waals surface area contributed by atoms with E-state index in [4.69, 9.17) is 9.57 Å². The number of halogens is 3. The number of alkyl carbamates (subject to hydrolysis) is 1. The molecule has 33 heavy (non-hydrogen) atoms. The predicted molar refractivity (Wildman–Crippen MR) is 107 cm³/mol. The normalized spacial score (nSPS) is 28.9. The molecule has 1 aromatic carbocycles. The van der Waals surface area contributed by atoms with Crippen LogP contribution in [0, 0.1) is 0 Å². The first-order valence-corrected chi connectivity index (χ1v) is 10.8. The fraction of sp³-hybridized carbons (Fsp3) is 0.500. The number of fused-ring (bicyclic) bond motifs is 2. The summed E-state index contributed by atoms with van der Waals surface area (Å²) in [7, 11) is 0. The molecule has 8 nitrogen and oxygen atoms in total. The standard InChI is InChI=1S/C22H23F3N4O4/c23-22(24,25)31-17-3-1-15(2-4-17)18-5-6-20-7-9-21(10-8-20,33-29(18)20)32-19(30)28-14-16-13-26-11-12-27-16/h1-4,11-13,18H,5-10,14H2,(H,28,30). The number of benzene rings is 1. The number of hydroxylamine groups is 2. The SMILES string of the molecule is O=C(NCc1cnccn1)OC12CCC3(CCC(c4ccc(OC(F)(F)F)cc4)N3O1)CC2. The minimum Gasteiger partial charge on any atom is -0.415 e. The summed E-state index contributed by atoms with van der Waals surface area (Å²) in [6, 6.07) is 5.72. The van der Waals surface area contributed by atoms with E-state index in [0.29, 0.717) is 18.5 Å². The minimum absolute atomic E-state index is 0.142. The van der Waals surface area contributed by atoms with Gasteiger partial charge < -0.3 is 14.8 Å². The maximum atomic E-state index is 12.5. The van der Waals surface area contributed by atoms with Gasteiger partial charge in [-0.2, -0.15) is 5.06 Å².